The van der Waals surface area contributed by atoms with Crippen LogP contribution in [0, 0.1) is 0 Å². The van der Waals surface area contributed by atoms with Crippen molar-refractivity contribution in [3.63, 3.8) is 0 Å². The van der Waals surface area contributed by atoms with E-state index in [1.807, 2.05) is 40.9 Å². The second-order valence-corrected chi connectivity index (χ2v) is 5.23. The quantitative estimate of drug-likeness (QED) is 0.799. The van der Waals surface area contributed by atoms with Gasteiger partial charge in [-0.3, -0.25) is 14.2 Å². The van der Waals surface area contributed by atoms with Crippen molar-refractivity contribution in [1.29, 1.82) is 0 Å². The highest BCUT2D eigenvalue weighted by Crippen LogP contribution is 2.25. The lowest BCUT2D eigenvalue weighted by Crippen LogP contribution is -2.27. The van der Waals surface area contributed by atoms with Crippen LogP contribution in [0.4, 0.5) is 0 Å². The Kier molecular flexibility index (Phi) is 2.70. The molecule has 0 spiro atoms. The highest BCUT2D eigenvalue weighted by molar-refractivity contribution is 5.94. The fourth-order valence-electron chi connectivity index (χ4n) is 2.39. The summed E-state index contributed by atoms with van der Waals surface area (Å²) in [5.41, 5.74) is 2.60. The van der Waals surface area contributed by atoms with Gasteiger partial charge < -0.3 is 5.32 Å². The number of carbonyl (C=O) groups excluding carboxylic acids is 1. The van der Waals surface area contributed by atoms with Crippen molar-refractivity contribution >= 4 is 11.4 Å². The molecule has 4 rings (SSSR count). The summed E-state index contributed by atoms with van der Waals surface area (Å²) in [5, 5.41) is 2.99. The van der Waals surface area contributed by atoms with Crippen LogP contribution in [0.25, 0.3) is 16.8 Å². The first kappa shape index (κ1) is 12.1. The van der Waals surface area contributed by atoms with Crippen molar-refractivity contribution in [2.24, 2.45) is 0 Å². The number of amides is 1. The largest absolute Gasteiger partial charge is 0.347 e. The summed E-state index contributed by atoms with van der Waals surface area (Å²) in [6.45, 7) is 0. The molecule has 0 aliphatic heterocycles. The van der Waals surface area contributed by atoms with E-state index in [0.29, 0.717) is 11.9 Å². The zero-order valence-corrected chi connectivity index (χ0v) is 11.4. The first-order chi connectivity index (χ1) is 10.3. The maximum Gasteiger partial charge on any atom is 0.287 e. The Bertz CT molecular complexity index is 806. The Morgan fingerprint density at radius 1 is 1.24 bits per heavy atom. The topological polar surface area (TPSA) is 59.3 Å². The van der Waals surface area contributed by atoms with Gasteiger partial charge in [-0.15, -0.1) is 0 Å². The molecule has 3 aromatic heterocycles. The fourth-order valence-corrected chi connectivity index (χ4v) is 2.39. The first-order valence-electron chi connectivity index (χ1n) is 7.01. The number of hydrogen-bond donors (Lipinski definition) is 1. The van der Waals surface area contributed by atoms with Crippen molar-refractivity contribution in [2.45, 2.75) is 18.9 Å². The molecule has 0 atom stereocenters. The average Bonchev–Trinajstić information content (AvgIpc) is 3.25. The molecule has 1 aliphatic rings. The highest BCUT2D eigenvalue weighted by atomic mass is 16.2. The summed E-state index contributed by atoms with van der Waals surface area (Å²) in [6, 6.07) is 9.94. The fraction of sp³-hybridized carbons (Fsp3) is 0.188. The number of nitrogens with one attached hydrogen (secondary N) is 1. The summed E-state index contributed by atoms with van der Waals surface area (Å²) in [5.74, 6) is 0.310. The number of aromatic nitrogens is 3. The monoisotopic (exact) mass is 278 g/mol. The van der Waals surface area contributed by atoms with E-state index < -0.39 is 0 Å². The van der Waals surface area contributed by atoms with E-state index in [9.17, 15) is 4.79 Å². The molecule has 0 saturated heterocycles. The van der Waals surface area contributed by atoms with Crippen LogP contribution in [-0.4, -0.2) is 26.3 Å². The summed E-state index contributed by atoms with van der Waals surface area (Å²) in [4.78, 5) is 21.0. The molecule has 0 radical (unpaired) electrons. The van der Waals surface area contributed by atoms with Gasteiger partial charge in [-0.2, -0.15) is 0 Å². The maximum absolute atomic E-state index is 12.3. The number of nitrogens with zero attached hydrogens (tertiary/aromatic N) is 3. The molecule has 104 valence electrons. The lowest BCUT2D eigenvalue weighted by Gasteiger charge is -2.01. The van der Waals surface area contributed by atoms with Gasteiger partial charge in [-0.05, 0) is 37.1 Å². The molecule has 5 heteroatoms. The van der Waals surface area contributed by atoms with E-state index in [2.05, 4.69) is 15.3 Å². The third kappa shape index (κ3) is 2.16. The molecule has 3 heterocycles. The molecule has 21 heavy (non-hydrogen) atoms. The number of hydrogen-bond acceptors (Lipinski definition) is 3. The van der Waals surface area contributed by atoms with Crippen LogP contribution in [0.3, 0.4) is 0 Å². The van der Waals surface area contributed by atoms with Crippen LogP contribution >= 0.6 is 0 Å². The number of fused-ring (bicyclic) bond motifs is 1. The standard InChI is InChI=1S/C16H14N4O/c21-16(18-12-6-7-12)15-19-14(11-4-3-8-17-10-11)13-5-1-2-9-20(13)15/h1-5,8-10,12H,6-7H2,(H,18,21). The van der Waals surface area contributed by atoms with Crippen LogP contribution in [0.5, 0.6) is 0 Å². The minimum Gasteiger partial charge on any atom is -0.347 e. The zero-order chi connectivity index (χ0) is 14.2. The summed E-state index contributed by atoms with van der Waals surface area (Å²) in [6.07, 6.45) is 7.47. The molecule has 1 saturated carbocycles. The first-order valence-corrected chi connectivity index (χ1v) is 7.01. The predicted octanol–water partition coefficient (Wildman–Crippen LogP) is 2.29. The van der Waals surface area contributed by atoms with Crippen molar-refractivity contribution in [3.8, 4) is 11.3 Å². The van der Waals surface area contributed by atoms with E-state index in [0.717, 1.165) is 29.6 Å². The van der Waals surface area contributed by atoms with Crippen molar-refractivity contribution in [1.82, 2.24) is 19.7 Å². The Labute approximate surface area is 121 Å². The van der Waals surface area contributed by atoms with E-state index in [1.54, 1.807) is 12.4 Å². The maximum atomic E-state index is 12.3. The summed E-state index contributed by atoms with van der Waals surface area (Å²) >= 11 is 0. The van der Waals surface area contributed by atoms with Gasteiger partial charge in [0.25, 0.3) is 5.91 Å². The van der Waals surface area contributed by atoms with E-state index >= 15 is 0 Å². The predicted molar refractivity (Wildman–Crippen MR) is 78.9 cm³/mol. The molecule has 0 aromatic carbocycles. The minimum absolute atomic E-state index is 0.117. The molecule has 1 amide bonds. The van der Waals surface area contributed by atoms with Crippen molar-refractivity contribution in [2.75, 3.05) is 0 Å². The smallest absolute Gasteiger partial charge is 0.287 e. The normalized spacial score (nSPS) is 14.3. The van der Waals surface area contributed by atoms with Gasteiger partial charge in [0, 0.05) is 30.2 Å². The molecule has 1 aliphatic carbocycles. The third-order valence-electron chi connectivity index (χ3n) is 3.60. The van der Waals surface area contributed by atoms with Gasteiger partial charge in [0.05, 0.1) is 11.2 Å². The van der Waals surface area contributed by atoms with E-state index in [1.165, 1.54) is 0 Å². The molecule has 3 aromatic rings. The summed E-state index contributed by atoms with van der Waals surface area (Å²) in [7, 11) is 0. The zero-order valence-electron chi connectivity index (χ0n) is 11.4. The number of carbonyl (C=O) groups is 1. The molecule has 0 bridgehead atoms. The van der Waals surface area contributed by atoms with Crippen LogP contribution in [0.15, 0.2) is 48.9 Å². The van der Waals surface area contributed by atoms with Gasteiger partial charge in [-0.25, -0.2) is 4.98 Å². The van der Waals surface area contributed by atoms with Crippen LogP contribution in [0.2, 0.25) is 0 Å². The second kappa shape index (κ2) is 4.70. The average molecular weight is 278 g/mol. The SMILES string of the molecule is O=C(NC1CC1)c1nc(-c2cccnc2)c2ccccn12. The highest BCUT2D eigenvalue weighted by Gasteiger charge is 2.26. The van der Waals surface area contributed by atoms with Gasteiger partial charge in [0.15, 0.2) is 0 Å². The van der Waals surface area contributed by atoms with Crippen LogP contribution in [0.1, 0.15) is 23.5 Å². The Morgan fingerprint density at radius 3 is 2.90 bits per heavy atom. The van der Waals surface area contributed by atoms with Gasteiger partial charge in [-0.1, -0.05) is 6.07 Å². The van der Waals surface area contributed by atoms with Crippen molar-refractivity contribution in [3.05, 3.63) is 54.7 Å². The Morgan fingerprint density at radius 2 is 2.14 bits per heavy atom. The lowest BCUT2D eigenvalue weighted by atomic mass is 10.2. The molecule has 1 fully saturated rings. The second-order valence-electron chi connectivity index (χ2n) is 5.23. The number of pyridine rings is 2. The Hall–Kier alpha value is -2.69. The van der Waals surface area contributed by atoms with E-state index in [4.69, 9.17) is 0 Å². The van der Waals surface area contributed by atoms with Crippen LogP contribution < -0.4 is 5.32 Å². The van der Waals surface area contributed by atoms with Gasteiger partial charge in [0.2, 0.25) is 5.82 Å². The van der Waals surface area contributed by atoms with Crippen LogP contribution in [-0.2, 0) is 0 Å². The summed E-state index contributed by atoms with van der Waals surface area (Å²) < 4.78 is 1.83. The number of rotatable bonds is 3. The minimum atomic E-state index is -0.117. The van der Waals surface area contributed by atoms with Crippen molar-refractivity contribution < 1.29 is 4.79 Å². The number of imidazole rings is 1. The van der Waals surface area contributed by atoms with Gasteiger partial charge >= 0.3 is 0 Å². The molecular formula is C16H14N4O. The molecule has 0 unspecified atom stereocenters. The Balaban J connectivity index is 1.86. The van der Waals surface area contributed by atoms with E-state index in [-0.39, 0.29) is 5.91 Å². The molecule has 5 nitrogen and oxygen atoms in total. The molecule has 1 N–H and O–H groups in total. The van der Waals surface area contributed by atoms with Gasteiger partial charge in [0.1, 0.15) is 0 Å². The lowest BCUT2D eigenvalue weighted by molar-refractivity contribution is 0.0940. The third-order valence-corrected chi connectivity index (χ3v) is 3.60. The molecular weight excluding hydrogens is 264 g/mol.